The third-order valence-corrected chi connectivity index (χ3v) is 6.83. The predicted octanol–water partition coefficient (Wildman–Crippen LogP) is 5.34. The molecule has 0 saturated carbocycles. The molecule has 0 unspecified atom stereocenters. The highest BCUT2D eigenvalue weighted by atomic mass is 19.1. The van der Waals surface area contributed by atoms with Crippen molar-refractivity contribution in [3.63, 3.8) is 0 Å². The minimum atomic E-state index is -0.773. The highest BCUT2D eigenvalue weighted by molar-refractivity contribution is 6.00. The Kier molecular flexibility index (Phi) is 7.96. The second kappa shape index (κ2) is 11.6. The number of nitrogens with zero attached hydrogens (tertiary/aromatic N) is 4. The van der Waals surface area contributed by atoms with Crippen LogP contribution in [0.5, 0.6) is 0 Å². The first kappa shape index (κ1) is 28.1. The molecular formula is C31H32F2N6O2. The number of aromatic nitrogens is 2. The van der Waals surface area contributed by atoms with Crippen molar-refractivity contribution in [2.75, 3.05) is 48.3 Å². The number of carbonyl (C=O) groups excluding carboxylic acids is 1. The van der Waals surface area contributed by atoms with Gasteiger partial charge in [-0.1, -0.05) is 18.7 Å². The first-order chi connectivity index (χ1) is 19.6. The second-order valence-corrected chi connectivity index (χ2v) is 10.7. The van der Waals surface area contributed by atoms with Gasteiger partial charge >= 0.3 is 0 Å². The molecule has 8 nitrogen and oxygen atoms in total. The van der Waals surface area contributed by atoms with Gasteiger partial charge in [0.1, 0.15) is 11.6 Å². The smallest absolute Gasteiger partial charge is 0.247 e. The van der Waals surface area contributed by atoms with Crippen LogP contribution in [0.1, 0.15) is 13.8 Å². The van der Waals surface area contributed by atoms with E-state index in [4.69, 9.17) is 0 Å². The van der Waals surface area contributed by atoms with Crippen LogP contribution in [0.2, 0.25) is 0 Å². The normalized spacial score (nSPS) is 14.2. The molecule has 0 radical (unpaired) electrons. The number of amides is 1. The molecule has 1 aliphatic rings. The molecule has 212 valence electrons. The van der Waals surface area contributed by atoms with E-state index in [1.54, 1.807) is 62.5 Å². The highest BCUT2D eigenvalue weighted by Crippen LogP contribution is 2.33. The van der Waals surface area contributed by atoms with Crippen molar-refractivity contribution in [3.05, 3.63) is 85.1 Å². The number of hydrogen-bond acceptors (Lipinski definition) is 7. The Morgan fingerprint density at radius 3 is 2.54 bits per heavy atom. The van der Waals surface area contributed by atoms with Crippen LogP contribution in [-0.4, -0.2) is 64.2 Å². The summed E-state index contributed by atoms with van der Waals surface area (Å²) >= 11 is 0. The summed E-state index contributed by atoms with van der Waals surface area (Å²) in [7, 11) is 0. The molecule has 2 heterocycles. The zero-order valence-electron chi connectivity index (χ0n) is 23.0. The minimum absolute atomic E-state index is 0.188. The average molecular weight is 559 g/mol. The van der Waals surface area contributed by atoms with Crippen LogP contribution in [0, 0.1) is 11.6 Å². The molecule has 3 N–H and O–H groups in total. The van der Waals surface area contributed by atoms with E-state index in [0.29, 0.717) is 53.2 Å². The molecule has 0 aliphatic carbocycles. The number of piperazine rings is 1. The molecule has 5 rings (SSSR count). The Morgan fingerprint density at radius 1 is 1.05 bits per heavy atom. The number of nitrogens with one attached hydrogen (secondary N) is 2. The van der Waals surface area contributed by atoms with E-state index < -0.39 is 11.4 Å². The number of fused-ring (bicyclic) bond motifs is 1. The molecule has 0 atom stereocenters. The molecule has 1 fully saturated rings. The monoisotopic (exact) mass is 558 g/mol. The number of halogens is 2. The van der Waals surface area contributed by atoms with Gasteiger partial charge in [0.2, 0.25) is 11.9 Å². The summed E-state index contributed by atoms with van der Waals surface area (Å²) in [5.41, 5.74) is 1.83. The van der Waals surface area contributed by atoms with E-state index in [1.807, 2.05) is 4.90 Å². The van der Waals surface area contributed by atoms with Crippen molar-refractivity contribution >= 4 is 39.8 Å². The number of benzene rings is 3. The van der Waals surface area contributed by atoms with Crippen LogP contribution in [0.3, 0.4) is 0 Å². The summed E-state index contributed by atoms with van der Waals surface area (Å²) in [6.07, 6.45) is 2.74. The number of anilines is 4. The molecule has 3 aromatic carbocycles. The van der Waals surface area contributed by atoms with Gasteiger partial charge in [-0.05, 0) is 68.0 Å². The molecule has 41 heavy (non-hydrogen) atoms. The SMILES string of the molecule is C=CC(=O)Nc1cccc(-c2c(F)ccc3cnc(Nc4ccc(N5CCN(CC(C)(C)O)CC5)c(F)c4)nc23)c1. The Balaban J connectivity index is 1.37. The summed E-state index contributed by atoms with van der Waals surface area (Å²) in [4.78, 5) is 24.8. The van der Waals surface area contributed by atoms with Crippen LogP contribution in [0.4, 0.5) is 31.8 Å². The molecule has 0 bridgehead atoms. The van der Waals surface area contributed by atoms with Gasteiger partial charge in [0.15, 0.2) is 0 Å². The van der Waals surface area contributed by atoms with Crippen molar-refractivity contribution in [3.8, 4) is 11.1 Å². The van der Waals surface area contributed by atoms with Gasteiger partial charge in [-0.2, -0.15) is 0 Å². The molecule has 0 spiro atoms. The van der Waals surface area contributed by atoms with Crippen molar-refractivity contribution in [1.82, 2.24) is 14.9 Å². The lowest BCUT2D eigenvalue weighted by molar-refractivity contribution is -0.111. The average Bonchev–Trinajstić information content (AvgIpc) is 2.93. The third kappa shape index (κ3) is 6.67. The Bertz CT molecular complexity index is 1600. The number of hydrogen-bond donors (Lipinski definition) is 3. The summed E-state index contributed by atoms with van der Waals surface area (Å²) in [5, 5.41) is 16.4. The maximum atomic E-state index is 15.2. The largest absolute Gasteiger partial charge is 0.389 e. The zero-order chi connectivity index (χ0) is 29.1. The van der Waals surface area contributed by atoms with Crippen LogP contribution in [0.15, 0.2) is 73.4 Å². The molecule has 1 amide bonds. The topological polar surface area (TPSA) is 93.6 Å². The van der Waals surface area contributed by atoms with E-state index in [-0.39, 0.29) is 23.2 Å². The summed E-state index contributed by atoms with van der Waals surface area (Å²) in [5.74, 6) is -1.04. The Hall–Kier alpha value is -4.41. The fraction of sp³-hybridized carbons (Fsp3) is 0.258. The third-order valence-electron chi connectivity index (χ3n) is 6.83. The van der Waals surface area contributed by atoms with Crippen molar-refractivity contribution in [2.24, 2.45) is 0 Å². The van der Waals surface area contributed by atoms with Crippen LogP contribution in [0.25, 0.3) is 22.0 Å². The van der Waals surface area contributed by atoms with Gasteiger partial charge in [-0.25, -0.2) is 18.7 Å². The quantitative estimate of drug-likeness (QED) is 0.252. The van der Waals surface area contributed by atoms with Gasteiger partial charge in [0.25, 0.3) is 0 Å². The maximum absolute atomic E-state index is 15.2. The minimum Gasteiger partial charge on any atom is -0.389 e. The Morgan fingerprint density at radius 2 is 1.83 bits per heavy atom. The molecule has 1 aliphatic heterocycles. The van der Waals surface area contributed by atoms with E-state index in [1.165, 1.54) is 12.1 Å². The summed E-state index contributed by atoms with van der Waals surface area (Å²) in [6, 6.07) is 14.6. The lowest BCUT2D eigenvalue weighted by Crippen LogP contribution is -2.50. The fourth-order valence-corrected chi connectivity index (χ4v) is 5.02. The zero-order valence-corrected chi connectivity index (χ0v) is 23.0. The lowest BCUT2D eigenvalue weighted by Gasteiger charge is -2.38. The van der Waals surface area contributed by atoms with Gasteiger partial charge in [0.05, 0.1) is 16.8 Å². The van der Waals surface area contributed by atoms with E-state index in [9.17, 15) is 9.90 Å². The molecule has 10 heteroatoms. The van der Waals surface area contributed by atoms with Gasteiger partial charge < -0.3 is 20.6 Å². The van der Waals surface area contributed by atoms with Crippen molar-refractivity contribution < 1.29 is 18.7 Å². The maximum Gasteiger partial charge on any atom is 0.247 e. The van der Waals surface area contributed by atoms with E-state index in [0.717, 1.165) is 19.2 Å². The van der Waals surface area contributed by atoms with Crippen molar-refractivity contribution in [1.29, 1.82) is 0 Å². The molecule has 4 aromatic rings. The predicted molar refractivity (Wildman–Crippen MR) is 158 cm³/mol. The number of rotatable bonds is 8. The number of β-amino-alcohol motifs (C(OH)–C–C–N with tert-alkyl or cyclic N) is 1. The van der Waals surface area contributed by atoms with E-state index in [2.05, 4.69) is 32.1 Å². The van der Waals surface area contributed by atoms with Crippen LogP contribution in [-0.2, 0) is 4.79 Å². The standard InChI is InChI=1S/C31H32F2N6O2/c1-4-27(40)35-22-7-5-6-20(16-22)28-24(32)10-8-21-18-34-30(37-29(21)28)36-23-9-11-26(25(33)17-23)39-14-12-38(13-15-39)19-31(2,3)41/h4-11,16-18,41H,1,12-15,19H2,2-3H3,(H,35,40)(H,34,36,37). The number of aliphatic hydroxyl groups is 1. The first-order valence-electron chi connectivity index (χ1n) is 13.3. The lowest BCUT2D eigenvalue weighted by atomic mass is 10.0. The molecular weight excluding hydrogens is 526 g/mol. The highest BCUT2D eigenvalue weighted by Gasteiger charge is 2.24. The first-order valence-corrected chi connectivity index (χ1v) is 13.3. The van der Waals surface area contributed by atoms with Crippen molar-refractivity contribution in [2.45, 2.75) is 19.4 Å². The fourth-order valence-electron chi connectivity index (χ4n) is 5.02. The molecule has 1 aromatic heterocycles. The summed E-state index contributed by atoms with van der Waals surface area (Å²) in [6.45, 7) is 10.4. The van der Waals surface area contributed by atoms with Gasteiger partial charge in [-0.15, -0.1) is 0 Å². The number of carbonyl (C=O) groups is 1. The Labute approximate surface area is 237 Å². The van der Waals surface area contributed by atoms with Crippen LogP contribution < -0.4 is 15.5 Å². The van der Waals surface area contributed by atoms with Gasteiger partial charge in [0, 0.05) is 61.2 Å². The summed E-state index contributed by atoms with van der Waals surface area (Å²) < 4.78 is 30.3. The van der Waals surface area contributed by atoms with Gasteiger partial charge in [-0.3, -0.25) is 9.69 Å². The molecule has 1 saturated heterocycles. The second-order valence-electron chi connectivity index (χ2n) is 10.7. The van der Waals surface area contributed by atoms with Crippen LogP contribution >= 0.6 is 0 Å². The van der Waals surface area contributed by atoms with E-state index >= 15 is 8.78 Å².